The predicted octanol–water partition coefficient (Wildman–Crippen LogP) is 7.13. The number of hydrogen-bond donors (Lipinski definition) is 2. The van der Waals surface area contributed by atoms with Crippen LogP contribution in [0, 0.1) is 5.82 Å². The number of anilines is 3. The lowest BCUT2D eigenvalue weighted by Gasteiger charge is -2.31. The van der Waals surface area contributed by atoms with Crippen molar-refractivity contribution in [2.45, 2.75) is 32.4 Å². The lowest BCUT2D eigenvalue weighted by atomic mass is 10.0. The fraction of sp³-hybridized carbons (Fsp3) is 0.276. The second-order valence-corrected chi connectivity index (χ2v) is 9.42. The van der Waals surface area contributed by atoms with Gasteiger partial charge < -0.3 is 15.5 Å². The van der Waals surface area contributed by atoms with E-state index < -0.39 is 23.5 Å². The molecule has 5 rings (SSSR count). The molecule has 2 N–H and O–H groups in total. The molecule has 4 aromatic rings. The Morgan fingerprint density at radius 3 is 2.46 bits per heavy atom. The van der Waals surface area contributed by atoms with E-state index in [9.17, 15) is 22.4 Å². The van der Waals surface area contributed by atoms with Gasteiger partial charge in [-0.1, -0.05) is 12.1 Å². The summed E-state index contributed by atoms with van der Waals surface area (Å²) in [4.78, 5) is 23.9. The Hall–Kier alpha value is -4.21. The molecule has 0 atom stereocenters. The number of amides is 1. The first-order valence-corrected chi connectivity index (χ1v) is 12.8. The monoisotopic (exact) mass is 537 g/mol. The molecule has 3 aromatic carbocycles. The van der Waals surface area contributed by atoms with Crippen LogP contribution in [0.5, 0.6) is 0 Å². The van der Waals surface area contributed by atoms with Crippen molar-refractivity contribution >= 4 is 34.1 Å². The van der Waals surface area contributed by atoms with Gasteiger partial charge in [0.05, 0.1) is 28.0 Å². The summed E-state index contributed by atoms with van der Waals surface area (Å²) in [6, 6.07) is 12.9. The molecule has 1 aliphatic rings. The van der Waals surface area contributed by atoms with Gasteiger partial charge in [-0.05, 0) is 79.8 Å². The fourth-order valence-corrected chi connectivity index (χ4v) is 4.75. The normalized spacial score (nSPS) is 13.9. The number of aromatic nitrogens is 2. The van der Waals surface area contributed by atoms with Crippen molar-refractivity contribution in [3.63, 3.8) is 0 Å². The van der Waals surface area contributed by atoms with Crippen molar-refractivity contribution in [2.75, 3.05) is 35.2 Å². The molecular formula is C29H27F4N5O. The Balaban J connectivity index is 1.47. The molecule has 1 saturated heterocycles. The van der Waals surface area contributed by atoms with Crippen LogP contribution in [0.2, 0.25) is 0 Å². The van der Waals surface area contributed by atoms with Crippen LogP contribution in [0.25, 0.3) is 22.0 Å². The summed E-state index contributed by atoms with van der Waals surface area (Å²) >= 11 is 0. The Kier molecular flexibility index (Phi) is 7.36. The Morgan fingerprint density at radius 2 is 1.72 bits per heavy atom. The molecule has 1 fully saturated rings. The molecule has 0 unspecified atom stereocenters. The van der Waals surface area contributed by atoms with E-state index in [1.54, 1.807) is 18.3 Å². The standard InChI is InChI=1S/C29H27F4N5O/c1-2-34-28-35-17-20-14-18(7-10-24(20)37-28)19-6-9-23(30)22(15-19)27(39)36-25-16-21(29(31,32)33)8-11-26(25)38-12-4-3-5-13-38/h6-11,14-17H,2-5,12-13H2,1H3,(H,36,39)(H,34,35,37). The van der Waals surface area contributed by atoms with Crippen LogP contribution in [0.1, 0.15) is 42.1 Å². The lowest BCUT2D eigenvalue weighted by molar-refractivity contribution is -0.137. The maximum Gasteiger partial charge on any atom is 0.416 e. The Bertz CT molecular complexity index is 1520. The third-order valence-electron chi connectivity index (χ3n) is 6.73. The second kappa shape index (κ2) is 10.9. The second-order valence-electron chi connectivity index (χ2n) is 9.42. The predicted molar refractivity (Wildman–Crippen MR) is 145 cm³/mol. The van der Waals surface area contributed by atoms with Gasteiger partial charge in [0, 0.05) is 31.2 Å². The number of alkyl halides is 3. The maximum absolute atomic E-state index is 14.9. The molecule has 2 heterocycles. The highest BCUT2D eigenvalue weighted by Crippen LogP contribution is 2.37. The summed E-state index contributed by atoms with van der Waals surface area (Å²) in [5.74, 6) is -1.09. The van der Waals surface area contributed by atoms with E-state index >= 15 is 0 Å². The number of benzene rings is 3. The average molecular weight is 538 g/mol. The third-order valence-corrected chi connectivity index (χ3v) is 6.73. The lowest BCUT2D eigenvalue weighted by Crippen LogP contribution is -2.30. The quantitative estimate of drug-likeness (QED) is 0.256. The number of fused-ring (bicyclic) bond motifs is 1. The zero-order valence-electron chi connectivity index (χ0n) is 21.3. The summed E-state index contributed by atoms with van der Waals surface area (Å²) in [5, 5.41) is 6.37. The molecule has 6 nitrogen and oxygen atoms in total. The Morgan fingerprint density at radius 1 is 0.974 bits per heavy atom. The van der Waals surface area contributed by atoms with Gasteiger partial charge in [-0.25, -0.2) is 14.4 Å². The van der Waals surface area contributed by atoms with E-state index in [-0.39, 0.29) is 11.3 Å². The van der Waals surface area contributed by atoms with Gasteiger partial charge in [0.1, 0.15) is 5.82 Å². The first-order valence-electron chi connectivity index (χ1n) is 12.8. The molecule has 0 saturated carbocycles. The van der Waals surface area contributed by atoms with Crippen LogP contribution >= 0.6 is 0 Å². The van der Waals surface area contributed by atoms with Crippen molar-refractivity contribution in [3.05, 3.63) is 77.7 Å². The van der Waals surface area contributed by atoms with Crippen molar-refractivity contribution < 1.29 is 22.4 Å². The summed E-state index contributed by atoms with van der Waals surface area (Å²) in [7, 11) is 0. The molecule has 1 amide bonds. The van der Waals surface area contributed by atoms with Gasteiger partial charge in [0.15, 0.2) is 0 Å². The zero-order chi connectivity index (χ0) is 27.6. The molecule has 1 aromatic heterocycles. The van der Waals surface area contributed by atoms with Gasteiger partial charge in [0.25, 0.3) is 5.91 Å². The van der Waals surface area contributed by atoms with Gasteiger partial charge in [-0.2, -0.15) is 13.2 Å². The molecule has 1 aliphatic heterocycles. The molecule has 39 heavy (non-hydrogen) atoms. The van der Waals surface area contributed by atoms with E-state index in [1.807, 2.05) is 24.0 Å². The average Bonchev–Trinajstić information content (AvgIpc) is 2.93. The van der Waals surface area contributed by atoms with Crippen LogP contribution in [0.4, 0.5) is 34.9 Å². The van der Waals surface area contributed by atoms with E-state index in [0.29, 0.717) is 42.4 Å². The smallest absolute Gasteiger partial charge is 0.370 e. The van der Waals surface area contributed by atoms with Gasteiger partial charge >= 0.3 is 6.18 Å². The molecule has 0 bridgehead atoms. The molecule has 0 radical (unpaired) electrons. The highest BCUT2D eigenvalue weighted by Gasteiger charge is 2.32. The minimum atomic E-state index is -4.59. The van der Waals surface area contributed by atoms with Crippen LogP contribution in [-0.4, -0.2) is 35.5 Å². The fourth-order valence-electron chi connectivity index (χ4n) is 4.75. The number of carbonyl (C=O) groups is 1. The highest BCUT2D eigenvalue weighted by atomic mass is 19.4. The number of carbonyl (C=O) groups excluding carboxylic acids is 1. The summed E-state index contributed by atoms with van der Waals surface area (Å²) in [6.07, 6.45) is -0.0693. The maximum atomic E-state index is 14.9. The van der Waals surface area contributed by atoms with Crippen LogP contribution in [0.3, 0.4) is 0 Å². The first kappa shape index (κ1) is 26.4. The number of hydrogen-bond acceptors (Lipinski definition) is 5. The van der Waals surface area contributed by atoms with Gasteiger partial charge in [-0.15, -0.1) is 0 Å². The van der Waals surface area contributed by atoms with E-state index in [2.05, 4.69) is 20.6 Å². The topological polar surface area (TPSA) is 70.2 Å². The number of halogens is 4. The minimum absolute atomic E-state index is 0.000810. The van der Waals surface area contributed by atoms with Crippen LogP contribution < -0.4 is 15.5 Å². The van der Waals surface area contributed by atoms with Crippen molar-refractivity contribution in [1.82, 2.24) is 9.97 Å². The number of piperidine rings is 1. The SMILES string of the molecule is CCNc1ncc2cc(-c3ccc(F)c(C(=O)Nc4cc(C(F)(F)F)ccc4N4CCCCC4)c3)ccc2n1. The zero-order valence-corrected chi connectivity index (χ0v) is 21.3. The van der Waals surface area contributed by atoms with Crippen molar-refractivity contribution in [1.29, 1.82) is 0 Å². The van der Waals surface area contributed by atoms with E-state index in [1.165, 1.54) is 18.2 Å². The Labute approximate surface area is 223 Å². The molecular weight excluding hydrogens is 510 g/mol. The molecule has 10 heteroatoms. The van der Waals surface area contributed by atoms with E-state index in [4.69, 9.17) is 0 Å². The van der Waals surface area contributed by atoms with Gasteiger partial charge in [-0.3, -0.25) is 4.79 Å². The first-order chi connectivity index (χ1) is 18.7. The van der Waals surface area contributed by atoms with Crippen LogP contribution in [0.15, 0.2) is 60.8 Å². The van der Waals surface area contributed by atoms with Crippen molar-refractivity contribution in [2.24, 2.45) is 0 Å². The van der Waals surface area contributed by atoms with Gasteiger partial charge in [0.2, 0.25) is 5.95 Å². The molecule has 202 valence electrons. The minimum Gasteiger partial charge on any atom is -0.370 e. The number of nitrogens with one attached hydrogen (secondary N) is 2. The summed E-state index contributed by atoms with van der Waals surface area (Å²) in [5.41, 5.74) is 1.33. The summed E-state index contributed by atoms with van der Waals surface area (Å²) < 4.78 is 55.3. The highest BCUT2D eigenvalue weighted by molar-refractivity contribution is 6.07. The summed E-state index contributed by atoms with van der Waals surface area (Å²) in [6.45, 7) is 3.96. The van der Waals surface area contributed by atoms with Crippen molar-refractivity contribution in [3.8, 4) is 11.1 Å². The number of nitrogens with zero attached hydrogens (tertiary/aromatic N) is 3. The molecule has 0 spiro atoms. The van der Waals surface area contributed by atoms with Crippen LogP contribution in [-0.2, 0) is 6.18 Å². The number of rotatable bonds is 6. The van der Waals surface area contributed by atoms with E-state index in [0.717, 1.165) is 42.3 Å². The molecule has 0 aliphatic carbocycles. The third kappa shape index (κ3) is 5.79. The largest absolute Gasteiger partial charge is 0.416 e.